The quantitative estimate of drug-likeness (QED) is 0.819. The topological polar surface area (TPSA) is 37.0 Å². The molecule has 1 aliphatic rings. The lowest BCUT2D eigenvalue weighted by molar-refractivity contribution is 0.389. The second-order valence-corrected chi connectivity index (χ2v) is 3.79. The molecule has 1 aliphatic heterocycles. The fourth-order valence-corrected chi connectivity index (χ4v) is 1.79. The van der Waals surface area contributed by atoms with Gasteiger partial charge in [-0.2, -0.15) is 0 Å². The Balaban J connectivity index is 0.00000112. The minimum absolute atomic E-state index is 0. The monoisotopic (exact) mass is 227 g/mol. The van der Waals surface area contributed by atoms with Gasteiger partial charge in [0.2, 0.25) is 0 Å². The van der Waals surface area contributed by atoms with Crippen LogP contribution in [-0.2, 0) is 6.54 Å². The van der Waals surface area contributed by atoms with Crippen molar-refractivity contribution in [1.29, 1.82) is 0 Å². The molecular formula is C11H18ClN3. The number of pyridine rings is 1. The Morgan fingerprint density at radius 1 is 1.53 bits per heavy atom. The Morgan fingerprint density at radius 2 is 2.47 bits per heavy atom. The molecule has 1 atom stereocenters. The van der Waals surface area contributed by atoms with Crippen molar-refractivity contribution in [3.8, 4) is 0 Å². The van der Waals surface area contributed by atoms with Crippen molar-refractivity contribution < 1.29 is 0 Å². The highest BCUT2D eigenvalue weighted by Gasteiger charge is 2.11. The summed E-state index contributed by atoms with van der Waals surface area (Å²) >= 11 is 0. The predicted octanol–water partition coefficient (Wildman–Crippen LogP) is 1.34. The van der Waals surface area contributed by atoms with Gasteiger partial charge in [0.15, 0.2) is 0 Å². The summed E-state index contributed by atoms with van der Waals surface area (Å²) in [5.41, 5.74) is 1.26. The van der Waals surface area contributed by atoms with E-state index in [1.165, 1.54) is 24.9 Å². The number of nitrogens with one attached hydrogen (secondary N) is 2. The first-order chi connectivity index (χ1) is 6.95. The molecule has 0 radical (unpaired) electrons. The second-order valence-electron chi connectivity index (χ2n) is 3.79. The minimum Gasteiger partial charge on any atom is -0.315 e. The summed E-state index contributed by atoms with van der Waals surface area (Å²) in [6, 6.07) is 4.72. The first-order valence-electron chi connectivity index (χ1n) is 5.28. The van der Waals surface area contributed by atoms with E-state index in [0.717, 1.165) is 13.1 Å². The van der Waals surface area contributed by atoms with Gasteiger partial charge in [0, 0.05) is 31.5 Å². The Morgan fingerprint density at radius 3 is 3.13 bits per heavy atom. The van der Waals surface area contributed by atoms with E-state index in [2.05, 4.69) is 21.7 Å². The van der Waals surface area contributed by atoms with E-state index in [1.54, 1.807) is 0 Å². The van der Waals surface area contributed by atoms with Crippen LogP contribution in [0, 0.1) is 0 Å². The lowest BCUT2D eigenvalue weighted by Crippen LogP contribution is -2.42. The summed E-state index contributed by atoms with van der Waals surface area (Å²) in [7, 11) is 0. The van der Waals surface area contributed by atoms with Gasteiger partial charge in [0.1, 0.15) is 0 Å². The highest BCUT2D eigenvalue weighted by Crippen LogP contribution is 2.03. The smallest absolute Gasteiger partial charge is 0.0312 e. The molecule has 1 aromatic rings. The number of hydrogen-bond acceptors (Lipinski definition) is 3. The molecule has 2 rings (SSSR count). The lowest BCUT2D eigenvalue weighted by atomic mass is 10.1. The van der Waals surface area contributed by atoms with E-state index in [1.807, 2.05) is 18.5 Å². The Hall–Kier alpha value is -0.640. The molecule has 0 saturated carbocycles. The number of nitrogens with zero attached hydrogens (tertiary/aromatic N) is 1. The molecule has 1 aromatic heterocycles. The van der Waals surface area contributed by atoms with Gasteiger partial charge in [-0.3, -0.25) is 4.98 Å². The summed E-state index contributed by atoms with van der Waals surface area (Å²) in [4.78, 5) is 4.09. The largest absolute Gasteiger partial charge is 0.315 e. The number of piperidine rings is 1. The molecule has 2 heterocycles. The van der Waals surface area contributed by atoms with Crippen molar-refractivity contribution in [3.05, 3.63) is 30.1 Å². The molecule has 15 heavy (non-hydrogen) atoms. The number of halogens is 1. The zero-order valence-electron chi connectivity index (χ0n) is 8.78. The highest BCUT2D eigenvalue weighted by atomic mass is 35.5. The molecule has 3 nitrogen and oxygen atoms in total. The van der Waals surface area contributed by atoms with Crippen molar-refractivity contribution in [2.45, 2.75) is 25.4 Å². The normalized spacial score (nSPS) is 20.7. The molecular weight excluding hydrogens is 210 g/mol. The fraction of sp³-hybridized carbons (Fsp3) is 0.545. The predicted molar refractivity (Wildman–Crippen MR) is 64.2 cm³/mol. The molecule has 1 saturated heterocycles. The number of hydrogen-bond donors (Lipinski definition) is 2. The van der Waals surface area contributed by atoms with Gasteiger partial charge in [-0.05, 0) is 31.0 Å². The summed E-state index contributed by atoms with van der Waals surface area (Å²) < 4.78 is 0. The van der Waals surface area contributed by atoms with Crippen molar-refractivity contribution in [2.24, 2.45) is 0 Å². The van der Waals surface area contributed by atoms with Gasteiger partial charge in [0.05, 0.1) is 0 Å². The maximum absolute atomic E-state index is 4.09. The van der Waals surface area contributed by atoms with Crippen LogP contribution in [0.4, 0.5) is 0 Å². The van der Waals surface area contributed by atoms with Gasteiger partial charge in [-0.15, -0.1) is 12.4 Å². The van der Waals surface area contributed by atoms with E-state index in [4.69, 9.17) is 0 Å². The Labute approximate surface area is 97.1 Å². The van der Waals surface area contributed by atoms with Gasteiger partial charge in [0.25, 0.3) is 0 Å². The van der Waals surface area contributed by atoms with Crippen molar-refractivity contribution in [3.63, 3.8) is 0 Å². The molecule has 2 N–H and O–H groups in total. The fourth-order valence-electron chi connectivity index (χ4n) is 1.79. The molecule has 0 aromatic carbocycles. The van der Waals surface area contributed by atoms with Crippen LogP contribution in [0.2, 0.25) is 0 Å². The molecule has 1 unspecified atom stereocenters. The van der Waals surface area contributed by atoms with Crippen molar-refractivity contribution in [2.75, 3.05) is 13.1 Å². The SMILES string of the molecule is Cl.c1cncc(CNC2CCCNC2)c1. The van der Waals surface area contributed by atoms with Gasteiger partial charge in [-0.25, -0.2) is 0 Å². The molecule has 0 bridgehead atoms. The zero-order valence-corrected chi connectivity index (χ0v) is 9.59. The lowest BCUT2D eigenvalue weighted by Gasteiger charge is -2.23. The maximum atomic E-state index is 4.09. The first-order valence-corrected chi connectivity index (χ1v) is 5.28. The average molecular weight is 228 g/mol. The van der Waals surface area contributed by atoms with Crippen LogP contribution >= 0.6 is 12.4 Å². The highest BCUT2D eigenvalue weighted by molar-refractivity contribution is 5.85. The standard InChI is InChI=1S/C11H17N3.ClH/c1-3-10(7-12-5-1)8-14-11-4-2-6-13-9-11;/h1,3,5,7,11,13-14H,2,4,6,8-9H2;1H. The third kappa shape index (κ3) is 4.16. The number of aromatic nitrogens is 1. The molecule has 0 aliphatic carbocycles. The van der Waals surface area contributed by atoms with Gasteiger partial charge < -0.3 is 10.6 Å². The third-order valence-electron chi connectivity index (χ3n) is 2.61. The summed E-state index contributed by atoms with van der Waals surface area (Å²) in [5, 5.41) is 6.93. The van der Waals surface area contributed by atoms with Crippen LogP contribution in [0.15, 0.2) is 24.5 Å². The molecule has 0 spiro atoms. The molecule has 84 valence electrons. The Kier molecular flexibility index (Phi) is 5.61. The van der Waals surface area contributed by atoms with E-state index >= 15 is 0 Å². The van der Waals surface area contributed by atoms with Crippen LogP contribution < -0.4 is 10.6 Å². The van der Waals surface area contributed by atoms with E-state index in [0.29, 0.717) is 6.04 Å². The minimum atomic E-state index is 0. The van der Waals surface area contributed by atoms with Gasteiger partial charge in [-0.1, -0.05) is 6.07 Å². The van der Waals surface area contributed by atoms with E-state index in [9.17, 15) is 0 Å². The summed E-state index contributed by atoms with van der Waals surface area (Å²) in [5.74, 6) is 0. The Bertz CT molecular complexity index is 260. The molecule has 4 heteroatoms. The zero-order chi connectivity index (χ0) is 9.64. The summed E-state index contributed by atoms with van der Waals surface area (Å²) in [6.07, 6.45) is 6.30. The van der Waals surface area contributed by atoms with Crippen LogP contribution in [0.3, 0.4) is 0 Å². The van der Waals surface area contributed by atoms with Crippen LogP contribution in [0.25, 0.3) is 0 Å². The van der Waals surface area contributed by atoms with Crippen LogP contribution in [-0.4, -0.2) is 24.1 Å². The van der Waals surface area contributed by atoms with Crippen molar-refractivity contribution in [1.82, 2.24) is 15.6 Å². The molecule has 1 fully saturated rings. The van der Waals surface area contributed by atoms with E-state index in [-0.39, 0.29) is 12.4 Å². The maximum Gasteiger partial charge on any atom is 0.0312 e. The van der Waals surface area contributed by atoms with E-state index < -0.39 is 0 Å². The molecule has 0 amide bonds. The number of rotatable bonds is 3. The van der Waals surface area contributed by atoms with Gasteiger partial charge >= 0.3 is 0 Å². The average Bonchev–Trinajstić information content (AvgIpc) is 2.29. The van der Waals surface area contributed by atoms with Crippen LogP contribution in [0.5, 0.6) is 0 Å². The second kappa shape index (κ2) is 6.77. The first kappa shape index (κ1) is 12.4. The summed E-state index contributed by atoms with van der Waals surface area (Å²) in [6.45, 7) is 3.20. The third-order valence-corrected chi connectivity index (χ3v) is 2.61. The van der Waals surface area contributed by atoms with Crippen LogP contribution in [0.1, 0.15) is 18.4 Å². The van der Waals surface area contributed by atoms with Crippen molar-refractivity contribution >= 4 is 12.4 Å².